The smallest absolute Gasteiger partial charge is 0.253 e. The summed E-state index contributed by atoms with van der Waals surface area (Å²) < 4.78 is 13.9. The van der Waals surface area contributed by atoms with Crippen LogP contribution in [0.25, 0.3) is 0 Å². The minimum Gasteiger partial charge on any atom is -0.334 e. The molecule has 21 heavy (non-hydrogen) atoms. The standard InChI is InChI=1S/C15H13FN2OS2/c1-10-6-7-21-13(10)8-17-9-14(19)18(15(17)20)12-5-3-2-4-11(12)16/h2-7H,8-9H2,1H3. The van der Waals surface area contributed by atoms with Gasteiger partial charge < -0.3 is 4.90 Å². The summed E-state index contributed by atoms with van der Waals surface area (Å²) in [6.07, 6.45) is 0. The molecule has 6 heteroatoms. The van der Waals surface area contributed by atoms with Gasteiger partial charge in [0.25, 0.3) is 5.91 Å². The molecule has 1 saturated heterocycles. The van der Waals surface area contributed by atoms with E-state index in [0.717, 1.165) is 0 Å². The Balaban J connectivity index is 1.86. The van der Waals surface area contributed by atoms with E-state index in [4.69, 9.17) is 12.2 Å². The molecule has 1 fully saturated rings. The molecule has 1 aromatic heterocycles. The van der Waals surface area contributed by atoms with Crippen molar-refractivity contribution >= 4 is 40.3 Å². The molecule has 1 amide bonds. The Bertz CT molecular complexity index is 713. The molecule has 0 spiro atoms. The molecule has 0 saturated carbocycles. The molecular weight excluding hydrogens is 307 g/mol. The number of aryl methyl sites for hydroxylation is 1. The molecule has 1 aliphatic rings. The third-order valence-electron chi connectivity index (χ3n) is 3.43. The monoisotopic (exact) mass is 320 g/mol. The maximum Gasteiger partial charge on any atom is 0.253 e. The van der Waals surface area contributed by atoms with Crippen LogP contribution in [0.3, 0.4) is 0 Å². The molecule has 1 aliphatic heterocycles. The fourth-order valence-electron chi connectivity index (χ4n) is 2.28. The van der Waals surface area contributed by atoms with Crippen molar-refractivity contribution in [2.75, 3.05) is 11.4 Å². The number of benzene rings is 1. The molecule has 108 valence electrons. The van der Waals surface area contributed by atoms with E-state index in [1.807, 2.05) is 23.3 Å². The molecule has 2 aromatic rings. The van der Waals surface area contributed by atoms with Gasteiger partial charge in [0, 0.05) is 4.88 Å². The van der Waals surface area contributed by atoms with E-state index < -0.39 is 5.82 Å². The second-order valence-corrected chi connectivity index (χ2v) is 6.21. The molecule has 0 N–H and O–H groups in total. The number of nitrogens with zero attached hydrogens (tertiary/aromatic N) is 2. The van der Waals surface area contributed by atoms with Gasteiger partial charge >= 0.3 is 0 Å². The van der Waals surface area contributed by atoms with Gasteiger partial charge in [-0.05, 0) is 48.3 Å². The zero-order valence-electron chi connectivity index (χ0n) is 11.4. The van der Waals surface area contributed by atoms with E-state index in [0.29, 0.717) is 11.7 Å². The summed E-state index contributed by atoms with van der Waals surface area (Å²) in [4.78, 5) is 16.5. The van der Waals surface area contributed by atoms with E-state index in [1.165, 1.54) is 21.4 Å². The summed E-state index contributed by atoms with van der Waals surface area (Å²) in [5.41, 5.74) is 1.40. The van der Waals surface area contributed by atoms with Crippen LogP contribution < -0.4 is 4.90 Å². The number of para-hydroxylation sites is 1. The number of amides is 1. The largest absolute Gasteiger partial charge is 0.334 e. The van der Waals surface area contributed by atoms with Crippen molar-refractivity contribution < 1.29 is 9.18 Å². The Morgan fingerprint density at radius 2 is 2.10 bits per heavy atom. The van der Waals surface area contributed by atoms with Crippen molar-refractivity contribution in [1.29, 1.82) is 0 Å². The topological polar surface area (TPSA) is 23.6 Å². The highest BCUT2D eigenvalue weighted by molar-refractivity contribution is 7.80. The maximum absolute atomic E-state index is 13.9. The lowest BCUT2D eigenvalue weighted by Crippen LogP contribution is -2.33. The van der Waals surface area contributed by atoms with Crippen LogP contribution >= 0.6 is 23.6 Å². The third-order valence-corrected chi connectivity index (χ3v) is 4.88. The van der Waals surface area contributed by atoms with Crippen LogP contribution in [0.15, 0.2) is 35.7 Å². The first-order valence-electron chi connectivity index (χ1n) is 6.47. The molecule has 0 unspecified atom stereocenters. The van der Waals surface area contributed by atoms with Crippen molar-refractivity contribution in [3.8, 4) is 0 Å². The molecule has 0 aliphatic carbocycles. The number of rotatable bonds is 3. The van der Waals surface area contributed by atoms with Crippen LogP contribution in [0, 0.1) is 12.7 Å². The fraction of sp³-hybridized carbons (Fsp3) is 0.200. The predicted octanol–water partition coefficient (Wildman–Crippen LogP) is 3.33. The van der Waals surface area contributed by atoms with E-state index in [-0.39, 0.29) is 18.1 Å². The van der Waals surface area contributed by atoms with Crippen molar-refractivity contribution in [3.63, 3.8) is 0 Å². The van der Waals surface area contributed by atoms with Crippen molar-refractivity contribution in [1.82, 2.24) is 4.90 Å². The van der Waals surface area contributed by atoms with Gasteiger partial charge in [-0.2, -0.15) is 0 Å². The summed E-state index contributed by atoms with van der Waals surface area (Å²) in [6, 6.07) is 8.22. The van der Waals surface area contributed by atoms with Crippen molar-refractivity contribution in [3.05, 3.63) is 52.0 Å². The highest BCUT2D eigenvalue weighted by atomic mass is 32.1. The van der Waals surface area contributed by atoms with Gasteiger partial charge in [0.2, 0.25) is 0 Å². The minimum atomic E-state index is -0.442. The van der Waals surface area contributed by atoms with E-state index >= 15 is 0 Å². The first-order chi connectivity index (χ1) is 10.1. The van der Waals surface area contributed by atoms with Gasteiger partial charge in [0.15, 0.2) is 5.11 Å². The van der Waals surface area contributed by atoms with Gasteiger partial charge in [-0.1, -0.05) is 12.1 Å². The number of hydrogen-bond acceptors (Lipinski definition) is 3. The van der Waals surface area contributed by atoms with Crippen molar-refractivity contribution in [2.24, 2.45) is 0 Å². The lowest BCUT2D eigenvalue weighted by atomic mass is 10.3. The summed E-state index contributed by atoms with van der Waals surface area (Å²) in [6.45, 7) is 2.80. The van der Waals surface area contributed by atoms with Crippen LogP contribution in [-0.2, 0) is 11.3 Å². The SMILES string of the molecule is Cc1ccsc1CN1CC(=O)N(c2ccccc2F)C1=S. The zero-order chi connectivity index (χ0) is 15.0. The molecule has 3 nitrogen and oxygen atoms in total. The number of thiophene rings is 1. The van der Waals surface area contributed by atoms with Crippen LogP contribution in [0.4, 0.5) is 10.1 Å². The molecule has 2 heterocycles. The molecule has 0 bridgehead atoms. The summed E-state index contributed by atoms with van der Waals surface area (Å²) >= 11 is 7.00. The average molecular weight is 320 g/mol. The quantitative estimate of drug-likeness (QED) is 0.811. The highest BCUT2D eigenvalue weighted by Crippen LogP contribution is 2.27. The van der Waals surface area contributed by atoms with Crippen LogP contribution in [0.1, 0.15) is 10.4 Å². The number of halogens is 1. The number of carbonyl (C=O) groups excluding carboxylic acids is 1. The van der Waals surface area contributed by atoms with Gasteiger partial charge in [-0.15, -0.1) is 11.3 Å². The predicted molar refractivity (Wildman–Crippen MR) is 86.0 cm³/mol. The Morgan fingerprint density at radius 1 is 1.33 bits per heavy atom. The van der Waals surface area contributed by atoms with Gasteiger partial charge in [-0.25, -0.2) is 4.39 Å². The van der Waals surface area contributed by atoms with E-state index in [2.05, 4.69) is 0 Å². The molecule has 0 radical (unpaired) electrons. The molecule has 3 rings (SSSR count). The van der Waals surface area contributed by atoms with Crippen LogP contribution in [-0.4, -0.2) is 22.5 Å². The van der Waals surface area contributed by atoms with E-state index in [9.17, 15) is 9.18 Å². The first kappa shape index (κ1) is 14.2. The summed E-state index contributed by atoms with van der Waals surface area (Å²) in [5.74, 6) is -0.637. The third kappa shape index (κ3) is 2.56. The van der Waals surface area contributed by atoms with Gasteiger partial charge in [-0.3, -0.25) is 9.69 Å². The van der Waals surface area contributed by atoms with Gasteiger partial charge in [0.05, 0.1) is 12.2 Å². The summed E-state index contributed by atoms with van der Waals surface area (Å²) in [5, 5.41) is 2.37. The molecular formula is C15H13FN2OS2. The number of anilines is 1. The Kier molecular flexibility index (Phi) is 3.73. The van der Waals surface area contributed by atoms with Crippen LogP contribution in [0.2, 0.25) is 0 Å². The fourth-order valence-corrected chi connectivity index (χ4v) is 3.53. The molecule has 1 aromatic carbocycles. The average Bonchev–Trinajstić information content (AvgIpc) is 2.97. The number of carbonyl (C=O) groups is 1. The Labute approximate surface area is 131 Å². The number of thiocarbonyl (C=S) groups is 1. The second kappa shape index (κ2) is 5.54. The maximum atomic E-state index is 13.9. The highest BCUT2D eigenvalue weighted by Gasteiger charge is 2.35. The second-order valence-electron chi connectivity index (χ2n) is 4.85. The minimum absolute atomic E-state index is 0.185. The Morgan fingerprint density at radius 3 is 2.76 bits per heavy atom. The van der Waals surface area contributed by atoms with E-state index in [1.54, 1.807) is 29.5 Å². The first-order valence-corrected chi connectivity index (χ1v) is 7.76. The molecule has 0 atom stereocenters. The lowest BCUT2D eigenvalue weighted by Gasteiger charge is -2.20. The number of hydrogen-bond donors (Lipinski definition) is 0. The normalized spacial score (nSPS) is 15.1. The summed E-state index contributed by atoms with van der Waals surface area (Å²) in [7, 11) is 0. The van der Waals surface area contributed by atoms with Gasteiger partial charge in [0.1, 0.15) is 12.4 Å². The zero-order valence-corrected chi connectivity index (χ0v) is 13.0. The van der Waals surface area contributed by atoms with Crippen LogP contribution in [0.5, 0.6) is 0 Å². The lowest BCUT2D eigenvalue weighted by molar-refractivity contribution is -0.116. The Hall–Kier alpha value is -1.79. The van der Waals surface area contributed by atoms with Crippen molar-refractivity contribution in [2.45, 2.75) is 13.5 Å².